The van der Waals surface area contributed by atoms with Gasteiger partial charge in [-0.15, -0.1) is 6.42 Å². The maximum atomic E-state index is 12.3. The standard InChI is InChI=1S/C17H16ClNO3S/c1-3-5-8-19-16(20)15(23-17(19)21)11-12-10-13(18)6-7-14(12)22-9-4-2/h2,6-7,10-11H,3,5,8-9H2,1H3/b15-11-. The summed E-state index contributed by atoms with van der Waals surface area (Å²) < 4.78 is 5.45. The number of imide groups is 1. The molecule has 4 nitrogen and oxygen atoms in total. The van der Waals surface area contributed by atoms with Crippen LogP contribution in [-0.2, 0) is 4.79 Å². The second kappa shape index (κ2) is 8.09. The van der Waals surface area contributed by atoms with E-state index in [9.17, 15) is 9.59 Å². The van der Waals surface area contributed by atoms with Gasteiger partial charge in [0.05, 0.1) is 4.91 Å². The van der Waals surface area contributed by atoms with E-state index in [4.69, 9.17) is 22.8 Å². The molecule has 0 bridgehead atoms. The lowest BCUT2D eigenvalue weighted by molar-refractivity contribution is -0.122. The number of carbonyl (C=O) groups is 2. The summed E-state index contributed by atoms with van der Waals surface area (Å²) in [6, 6.07) is 5.04. The van der Waals surface area contributed by atoms with E-state index in [0.717, 1.165) is 24.6 Å². The van der Waals surface area contributed by atoms with Crippen molar-refractivity contribution in [2.75, 3.05) is 13.2 Å². The number of unbranched alkanes of at least 4 members (excludes halogenated alkanes) is 1. The number of nitrogens with zero attached hydrogens (tertiary/aromatic N) is 1. The summed E-state index contributed by atoms with van der Waals surface area (Å²) in [4.78, 5) is 25.9. The average Bonchev–Trinajstić information content (AvgIpc) is 2.79. The zero-order valence-corrected chi connectivity index (χ0v) is 14.2. The molecule has 0 aliphatic carbocycles. The molecule has 0 spiro atoms. The van der Waals surface area contributed by atoms with E-state index in [1.807, 2.05) is 6.92 Å². The molecule has 0 radical (unpaired) electrons. The van der Waals surface area contributed by atoms with Crippen LogP contribution in [0.25, 0.3) is 6.08 Å². The average molecular weight is 350 g/mol. The molecule has 1 heterocycles. The minimum absolute atomic E-state index is 0.112. The van der Waals surface area contributed by atoms with E-state index in [1.165, 1.54) is 4.90 Å². The second-order valence-electron chi connectivity index (χ2n) is 4.86. The third-order valence-corrected chi connectivity index (χ3v) is 4.32. The minimum atomic E-state index is -0.281. The largest absolute Gasteiger partial charge is 0.480 e. The molecular weight excluding hydrogens is 334 g/mol. The zero-order valence-electron chi connectivity index (χ0n) is 12.7. The van der Waals surface area contributed by atoms with Crippen LogP contribution >= 0.6 is 23.4 Å². The Bertz CT molecular complexity index is 694. The number of thioether (sulfide) groups is 1. The van der Waals surface area contributed by atoms with Gasteiger partial charge >= 0.3 is 0 Å². The molecule has 1 fully saturated rings. The maximum Gasteiger partial charge on any atom is 0.293 e. The number of halogens is 1. The number of ether oxygens (including phenoxy) is 1. The first-order valence-corrected chi connectivity index (χ1v) is 8.37. The van der Waals surface area contributed by atoms with Gasteiger partial charge in [-0.25, -0.2) is 0 Å². The first kappa shape index (κ1) is 17.5. The Morgan fingerprint density at radius 1 is 1.43 bits per heavy atom. The van der Waals surface area contributed by atoms with Crippen LogP contribution in [0, 0.1) is 12.3 Å². The van der Waals surface area contributed by atoms with Crippen LogP contribution in [0.3, 0.4) is 0 Å². The van der Waals surface area contributed by atoms with Gasteiger partial charge in [0.2, 0.25) is 0 Å². The molecule has 1 aromatic rings. The van der Waals surface area contributed by atoms with E-state index in [-0.39, 0.29) is 17.8 Å². The van der Waals surface area contributed by atoms with Crippen molar-refractivity contribution in [2.45, 2.75) is 19.8 Å². The predicted molar refractivity (Wildman–Crippen MR) is 93.4 cm³/mol. The molecule has 0 aromatic heterocycles. The van der Waals surface area contributed by atoms with Crippen LogP contribution in [0.1, 0.15) is 25.3 Å². The van der Waals surface area contributed by atoms with Crippen LogP contribution in [-0.4, -0.2) is 29.2 Å². The van der Waals surface area contributed by atoms with Crippen LogP contribution in [0.15, 0.2) is 23.1 Å². The number of benzene rings is 1. The highest BCUT2D eigenvalue weighted by atomic mass is 35.5. The molecule has 2 rings (SSSR count). The number of rotatable bonds is 6. The Morgan fingerprint density at radius 3 is 2.91 bits per heavy atom. The van der Waals surface area contributed by atoms with Crippen LogP contribution in [0.2, 0.25) is 5.02 Å². The lowest BCUT2D eigenvalue weighted by atomic mass is 10.2. The van der Waals surface area contributed by atoms with Gasteiger partial charge in [0, 0.05) is 17.1 Å². The van der Waals surface area contributed by atoms with E-state index in [2.05, 4.69) is 5.92 Å². The fourth-order valence-corrected chi connectivity index (χ4v) is 3.07. The predicted octanol–water partition coefficient (Wildman–Crippen LogP) is 4.19. The normalized spacial score (nSPS) is 16.0. The highest BCUT2D eigenvalue weighted by Crippen LogP contribution is 2.34. The van der Waals surface area contributed by atoms with Gasteiger partial charge in [-0.1, -0.05) is 30.9 Å². The molecular formula is C17H16ClNO3S. The fourth-order valence-electron chi connectivity index (χ4n) is 2.03. The van der Waals surface area contributed by atoms with Crippen molar-refractivity contribution in [2.24, 2.45) is 0 Å². The van der Waals surface area contributed by atoms with Crippen molar-refractivity contribution in [1.82, 2.24) is 4.90 Å². The maximum absolute atomic E-state index is 12.3. The highest BCUT2D eigenvalue weighted by Gasteiger charge is 2.34. The van der Waals surface area contributed by atoms with E-state index in [0.29, 0.717) is 27.8 Å². The molecule has 6 heteroatoms. The zero-order chi connectivity index (χ0) is 16.8. The van der Waals surface area contributed by atoms with Gasteiger partial charge in [0.25, 0.3) is 11.1 Å². The highest BCUT2D eigenvalue weighted by molar-refractivity contribution is 8.18. The summed E-state index contributed by atoms with van der Waals surface area (Å²) in [5.74, 6) is 2.63. The van der Waals surface area contributed by atoms with Crippen LogP contribution in [0.4, 0.5) is 4.79 Å². The van der Waals surface area contributed by atoms with Gasteiger partial charge in [0.15, 0.2) is 0 Å². The van der Waals surface area contributed by atoms with E-state index in [1.54, 1.807) is 24.3 Å². The Balaban J connectivity index is 2.28. The molecule has 0 atom stereocenters. The SMILES string of the molecule is C#CCOc1ccc(Cl)cc1/C=C1\SC(=O)N(CCCC)C1=O. The summed E-state index contributed by atoms with van der Waals surface area (Å²) >= 11 is 6.93. The molecule has 1 saturated heterocycles. The fraction of sp³-hybridized carbons (Fsp3) is 0.294. The first-order chi connectivity index (χ1) is 11.1. The Morgan fingerprint density at radius 2 is 2.22 bits per heavy atom. The topological polar surface area (TPSA) is 46.6 Å². The summed E-state index contributed by atoms with van der Waals surface area (Å²) in [5.41, 5.74) is 0.619. The molecule has 1 aliphatic rings. The molecule has 0 saturated carbocycles. The van der Waals surface area contributed by atoms with Crippen molar-refractivity contribution >= 4 is 40.6 Å². The van der Waals surface area contributed by atoms with Gasteiger partial charge in [-0.3, -0.25) is 14.5 Å². The van der Waals surface area contributed by atoms with Crippen molar-refractivity contribution in [3.8, 4) is 18.1 Å². The summed E-state index contributed by atoms with van der Waals surface area (Å²) in [6.45, 7) is 2.56. The quantitative estimate of drug-likeness (QED) is 0.570. The first-order valence-electron chi connectivity index (χ1n) is 7.18. The number of hydrogen-bond donors (Lipinski definition) is 0. The molecule has 0 unspecified atom stereocenters. The molecule has 120 valence electrons. The van der Waals surface area contributed by atoms with Gasteiger partial charge in [-0.05, 0) is 42.5 Å². The van der Waals surface area contributed by atoms with Gasteiger partial charge < -0.3 is 4.74 Å². The smallest absolute Gasteiger partial charge is 0.293 e. The Hall–Kier alpha value is -1.90. The number of hydrogen-bond acceptors (Lipinski definition) is 4. The third-order valence-electron chi connectivity index (χ3n) is 3.18. The number of carbonyl (C=O) groups excluding carboxylic acids is 2. The molecule has 0 N–H and O–H groups in total. The van der Waals surface area contributed by atoms with Crippen molar-refractivity contribution < 1.29 is 14.3 Å². The summed E-state index contributed by atoms with van der Waals surface area (Å²) in [6.07, 6.45) is 8.52. The molecule has 23 heavy (non-hydrogen) atoms. The summed E-state index contributed by atoms with van der Waals surface area (Å²) in [7, 11) is 0. The lowest BCUT2D eigenvalue weighted by Gasteiger charge is -2.11. The minimum Gasteiger partial charge on any atom is -0.480 e. The third kappa shape index (κ3) is 4.31. The monoisotopic (exact) mass is 349 g/mol. The van der Waals surface area contributed by atoms with Crippen molar-refractivity contribution in [3.05, 3.63) is 33.7 Å². The number of amides is 2. The van der Waals surface area contributed by atoms with Gasteiger partial charge in [-0.2, -0.15) is 0 Å². The van der Waals surface area contributed by atoms with E-state index < -0.39 is 0 Å². The van der Waals surface area contributed by atoms with Crippen LogP contribution in [0.5, 0.6) is 5.75 Å². The lowest BCUT2D eigenvalue weighted by Crippen LogP contribution is -2.29. The molecule has 1 aliphatic heterocycles. The molecule has 2 amide bonds. The summed E-state index contributed by atoms with van der Waals surface area (Å²) in [5, 5.41) is 0.261. The Kier molecular flexibility index (Phi) is 6.14. The number of terminal acetylenes is 1. The van der Waals surface area contributed by atoms with Crippen LogP contribution < -0.4 is 4.74 Å². The Labute approximate surface area is 144 Å². The van der Waals surface area contributed by atoms with Crippen molar-refractivity contribution in [3.63, 3.8) is 0 Å². The van der Waals surface area contributed by atoms with Crippen molar-refractivity contribution in [1.29, 1.82) is 0 Å². The van der Waals surface area contributed by atoms with E-state index >= 15 is 0 Å². The molecule has 1 aromatic carbocycles. The second-order valence-corrected chi connectivity index (χ2v) is 6.29. The van der Waals surface area contributed by atoms with Gasteiger partial charge in [0.1, 0.15) is 12.4 Å².